The zero-order valence-corrected chi connectivity index (χ0v) is 10.8. The zero-order valence-electron chi connectivity index (χ0n) is 9.19. The number of pyridine rings is 1. The molecule has 0 spiro atoms. The van der Waals surface area contributed by atoms with Crippen molar-refractivity contribution >= 4 is 21.7 Å². The molecule has 0 radical (unpaired) electrons. The largest absolute Gasteiger partial charge is 0.396 e. The second-order valence-corrected chi connectivity index (χ2v) is 5.23. The van der Waals surface area contributed by atoms with E-state index in [9.17, 15) is 0 Å². The average molecular weight is 285 g/mol. The molecule has 1 aromatic heterocycles. The lowest BCUT2D eigenvalue weighted by Gasteiger charge is -2.20. The summed E-state index contributed by atoms with van der Waals surface area (Å²) in [4.78, 5) is 4.32. The van der Waals surface area contributed by atoms with Gasteiger partial charge in [0.1, 0.15) is 5.82 Å². The van der Waals surface area contributed by atoms with Gasteiger partial charge in [-0.3, -0.25) is 0 Å². The van der Waals surface area contributed by atoms with Crippen molar-refractivity contribution in [1.29, 1.82) is 0 Å². The predicted octanol–water partition coefficient (Wildman–Crippen LogP) is 2.81. The Labute approximate surface area is 104 Å². The van der Waals surface area contributed by atoms with E-state index in [4.69, 9.17) is 5.11 Å². The molecule has 88 valence electrons. The Morgan fingerprint density at radius 1 is 1.44 bits per heavy atom. The highest BCUT2D eigenvalue weighted by atomic mass is 79.9. The minimum Gasteiger partial charge on any atom is -0.396 e. The molecular weight excluding hydrogens is 268 g/mol. The minimum atomic E-state index is 0.288. The maximum Gasteiger partial charge on any atom is 0.126 e. The number of aliphatic hydroxyl groups is 1. The third kappa shape index (κ3) is 2.95. The predicted molar refractivity (Wildman–Crippen MR) is 68.4 cm³/mol. The second kappa shape index (κ2) is 5.64. The fourth-order valence-electron chi connectivity index (χ4n) is 2.39. The van der Waals surface area contributed by atoms with Gasteiger partial charge in [-0.15, -0.1) is 0 Å². The first-order valence-electron chi connectivity index (χ1n) is 5.78. The summed E-state index contributed by atoms with van der Waals surface area (Å²) in [5.74, 6) is 1.52. The van der Waals surface area contributed by atoms with Crippen LogP contribution in [0.5, 0.6) is 0 Å². The van der Waals surface area contributed by atoms with Gasteiger partial charge in [0.15, 0.2) is 0 Å². The lowest BCUT2D eigenvalue weighted by molar-refractivity contribution is 0.254. The normalized spacial score (nSPS) is 24.6. The third-order valence-corrected chi connectivity index (χ3v) is 3.69. The van der Waals surface area contributed by atoms with E-state index in [0.29, 0.717) is 12.0 Å². The fourth-order valence-corrected chi connectivity index (χ4v) is 2.62. The van der Waals surface area contributed by atoms with Gasteiger partial charge >= 0.3 is 0 Å². The molecular formula is C12H17BrN2O. The van der Waals surface area contributed by atoms with Crippen LogP contribution in [-0.4, -0.2) is 22.7 Å². The van der Waals surface area contributed by atoms with Crippen molar-refractivity contribution in [3.8, 4) is 0 Å². The molecule has 2 atom stereocenters. The van der Waals surface area contributed by atoms with Gasteiger partial charge in [0.25, 0.3) is 0 Å². The number of aliphatic hydroxyl groups excluding tert-OH is 1. The van der Waals surface area contributed by atoms with Gasteiger partial charge in [0.05, 0.1) is 0 Å². The summed E-state index contributed by atoms with van der Waals surface area (Å²) in [6, 6.07) is 4.45. The van der Waals surface area contributed by atoms with Crippen LogP contribution in [0.3, 0.4) is 0 Å². The summed E-state index contributed by atoms with van der Waals surface area (Å²) in [5.41, 5.74) is 0. The first kappa shape index (κ1) is 11.9. The Hall–Kier alpha value is -0.610. The van der Waals surface area contributed by atoms with Crippen molar-refractivity contribution < 1.29 is 5.11 Å². The summed E-state index contributed by atoms with van der Waals surface area (Å²) in [6.07, 6.45) is 6.35. The number of rotatable bonds is 4. The number of hydrogen-bond donors (Lipinski definition) is 2. The number of aromatic nitrogens is 1. The molecule has 16 heavy (non-hydrogen) atoms. The van der Waals surface area contributed by atoms with E-state index >= 15 is 0 Å². The molecule has 1 fully saturated rings. The van der Waals surface area contributed by atoms with Crippen LogP contribution in [0.4, 0.5) is 5.82 Å². The van der Waals surface area contributed by atoms with E-state index in [1.54, 1.807) is 6.20 Å². The topological polar surface area (TPSA) is 45.1 Å². The van der Waals surface area contributed by atoms with Gasteiger partial charge in [0, 0.05) is 23.3 Å². The second-order valence-electron chi connectivity index (χ2n) is 4.32. The smallest absolute Gasteiger partial charge is 0.126 e. The van der Waals surface area contributed by atoms with Crippen molar-refractivity contribution in [1.82, 2.24) is 4.98 Å². The highest BCUT2D eigenvalue weighted by Crippen LogP contribution is 2.30. The molecule has 2 unspecified atom stereocenters. The van der Waals surface area contributed by atoms with Crippen LogP contribution < -0.4 is 5.32 Å². The monoisotopic (exact) mass is 284 g/mol. The van der Waals surface area contributed by atoms with Crippen molar-refractivity contribution in [2.75, 3.05) is 11.9 Å². The fraction of sp³-hybridized carbons (Fsp3) is 0.583. The van der Waals surface area contributed by atoms with Gasteiger partial charge < -0.3 is 10.4 Å². The summed E-state index contributed by atoms with van der Waals surface area (Å²) in [6.45, 7) is 0.288. The molecule has 0 saturated heterocycles. The number of nitrogens with one attached hydrogen (secondary N) is 1. The number of nitrogens with zero attached hydrogens (tertiary/aromatic N) is 1. The molecule has 1 aliphatic rings. The lowest BCUT2D eigenvalue weighted by Crippen LogP contribution is -2.25. The van der Waals surface area contributed by atoms with Gasteiger partial charge in [-0.1, -0.05) is 6.42 Å². The van der Waals surface area contributed by atoms with Crippen LogP contribution in [0, 0.1) is 5.92 Å². The van der Waals surface area contributed by atoms with Crippen LogP contribution in [0.1, 0.15) is 25.7 Å². The maximum atomic E-state index is 9.00. The molecule has 4 heteroatoms. The minimum absolute atomic E-state index is 0.288. The molecule has 1 aromatic rings. The van der Waals surface area contributed by atoms with Gasteiger partial charge in [-0.05, 0) is 53.2 Å². The maximum absolute atomic E-state index is 9.00. The first-order valence-corrected chi connectivity index (χ1v) is 6.58. The van der Waals surface area contributed by atoms with Gasteiger partial charge in [0.2, 0.25) is 0 Å². The quantitative estimate of drug-likeness (QED) is 0.894. The third-order valence-electron chi connectivity index (χ3n) is 3.22. The lowest BCUT2D eigenvalue weighted by atomic mass is 10.00. The average Bonchev–Trinajstić information content (AvgIpc) is 2.70. The van der Waals surface area contributed by atoms with E-state index in [1.807, 2.05) is 12.1 Å². The Balaban J connectivity index is 1.95. The Kier molecular flexibility index (Phi) is 4.18. The first-order chi connectivity index (χ1) is 7.79. The summed E-state index contributed by atoms with van der Waals surface area (Å²) >= 11 is 3.37. The molecule has 0 aromatic carbocycles. The van der Waals surface area contributed by atoms with Crippen molar-refractivity contribution in [3.05, 3.63) is 22.8 Å². The molecule has 1 saturated carbocycles. The highest BCUT2D eigenvalue weighted by Gasteiger charge is 2.26. The van der Waals surface area contributed by atoms with Crippen molar-refractivity contribution in [2.24, 2.45) is 5.92 Å². The highest BCUT2D eigenvalue weighted by molar-refractivity contribution is 9.10. The van der Waals surface area contributed by atoms with Crippen LogP contribution in [0.25, 0.3) is 0 Å². The Morgan fingerprint density at radius 3 is 3.00 bits per heavy atom. The summed E-state index contributed by atoms with van der Waals surface area (Å²) in [5, 5.41) is 12.5. The molecule has 1 heterocycles. The van der Waals surface area contributed by atoms with E-state index in [1.165, 1.54) is 19.3 Å². The molecule has 2 N–H and O–H groups in total. The van der Waals surface area contributed by atoms with Gasteiger partial charge in [-0.25, -0.2) is 4.98 Å². The number of hydrogen-bond acceptors (Lipinski definition) is 3. The molecule has 2 rings (SSSR count). The van der Waals surface area contributed by atoms with Crippen LogP contribution in [0.2, 0.25) is 0 Å². The van der Waals surface area contributed by atoms with Crippen LogP contribution in [0.15, 0.2) is 22.8 Å². The molecule has 3 nitrogen and oxygen atoms in total. The van der Waals surface area contributed by atoms with E-state index in [-0.39, 0.29) is 6.61 Å². The molecule has 0 amide bonds. The number of halogens is 1. The van der Waals surface area contributed by atoms with E-state index in [2.05, 4.69) is 26.2 Å². The zero-order chi connectivity index (χ0) is 11.4. The summed E-state index contributed by atoms with van der Waals surface area (Å²) < 4.78 is 0.997. The van der Waals surface area contributed by atoms with Crippen molar-refractivity contribution in [2.45, 2.75) is 31.7 Å². The molecule has 0 aliphatic heterocycles. The molecule has 0 bridgehead atoms. The van der Waals surface area contributed by atoms with E-state index < -0.39 is 0 Å². The van der Waals surface area contributed by atoms with Crippen LogP contribution in [-0.2, 0) is 0 Å². The van der Waals surface area contributed by atoms with Crippen molar-refractivity contribution in [3.63, 3.8) is 0 Å². The SMILES string of the molecule is OCCC1CCCC1Nc1ccc(Br)cn1. The van der Waals surface area contributed by atoms with E-state index in [0.717, 1.165) is 16.7 Å². The number of anilines is 1. The Bertz CT molecular complexity index is 328. The van der Waals surface area contributed by atoms with Crippen LogP contribution >= 0.6 is 15.9 Å². The molecule has 1 aliphatic carbocycles. The van der Waals surface area contributed by atoms with Gasteiger partial charge in [-0.2, -0.15) is 0 Å². The Morgan fingerprint density at radius 2 is 2.31 bits per heavy atom. The summed E-state index contributed by atoms with van der Waals surface area (Å²) in [7, 11) is 0. The standard InChI is InChI=1S/C12H17BrN2O/c13-10-4-5-12(14-8-10)15-11-3-1-2-9(11)6-7-16/h4-5,8-9,11,16H,1-3,6-7H2,(H,14,15).